The van der Waals surface area contributed by atoms with Crippen molar-refractivity contribution in [2.24, 2.45) is 17.1 Å². The van der Waals surface area contributed by atoms with Crippen LogP contribution >= 0.6 is 0 Å². The van der Waals surface area contributed by atoms with Gasteiger partial charge >= 0.3 is 6.03 Å². The molecule has 2 amide bonds. The number of likely N-dealkylation sites (tertiary alicyclic amines) is 1. The van der Waals surface area contributed by atoms with Gasteiger partial charge in [-0.15, -0.1) is 0 Å². The summed E-state index contributed by atoms with van der Waals surface area (Å²) in [5.74, 6) is 0.762. The quantitative estimate of drug-likeness (QED) is 0.824. The maximum atomic E-state index is 12.2. The van der Waals surface area contributed by atoms with Crippen LogP contribution in [0.5, 0.6) is 0 Å². The van der Waals surface area contributed by atoms with Crippen LogP contribution in [0, 0.1) is 11.3 Å². The molecule has 0 radical (unpaired) electrons. The number of nitrogens with one attached hydrogen (secondary N) is 1. The largest absolute Gasteiger partial charge is 0.337 e. The third-order valence-electron chi connectivity index (χ3n) is 5.03. The van der Waals surface area contributed by atoms with Crippen molar-refractivity contribution in [2.75, 3.05) is 26.2 Å². The lowest BCUT2D eigenvalue weighted by Crippen LogP contribution is -2.49. The highest BCUT2D eigenvalue weighted by Crippen LogP contribution is 2.34. The number of carbonyl (C=O) groups is 1. The van der Waals surface area contributed by atoms with E-state index in [4.69, 9.17) is 5.73 Å². The van der Waals surface area contributed by atoms with Gasteiger partial charge in [0.1, 0.15) is 0 Å². The van der Waals surface area contributed by atoms with Crippen molar-refractivity contribution in [3.8, 4) is 0 Å². The number of nitrogens with two attached hydrogens (primary N) is 1. The molecule has 4 nitrogen and oxygen atoms in total. The number of carbonyl (C=O) groups excluding carboxylic acids is 1. The van der Waals surface area contributed by atoms with Crippen LogP contribution in [0.1, 0.15) is 51.9 Å². The van der Waals surface area contributed by atoms with Crippen molar-refractivity contribution >= 4 is 6.03 Å². The summed E-state index contributed by atoms with van der Waals surface area (Å²) in [6, 6.07) is 0.116. The highest BCUT2D eigenvalue weighted by atomic mass is 16.2. The minimum Gasteiger partial charge on any atom is -0.337 e. The van der Waals surface area contributed by atoms with Gasteiger partial charge in [-0.05, 0) is 38.1 Å². The predicted octanol–water partition coefficient (Wildman–Crippen LogP) is 2.34. The summed E-state index contributed by atoms with van der Waals surface area (Å²) in [4.78, 5) is 14.1. The van der Waals surface area contributed by atoms with Crippen LogP contribution in [0.2, 0.25) is 0 Å². The average Bonchev–Trinajstić information content (AvgIpc) is 2.46. The molecule has 0 atom stereocenters. The summed E-state index contributed by atoms with van der Waals surface area (Å²) >= 11 is 0. The summed E-state index contributed by atoms with van der Waals surface area (Å²) in [5.41, 5.74) is 6.12. The number of nitrogens with zero attached hydrogens (tertiary/aromatic N) is 1. The maximum Gasteiger partial charge on any atom is 0.317 e. The number of rotatable bonds is 3. The van der Waals surface area contributed by atoms with Gasteiger partial charge < -0.3 is 16.0 Å². The minimum absolute atomic E-state index is 0.116. The molecular weight excluding hydrogens is 238 g/mol. The molecule has 0 aromatic carbocycles. The molecule has 1 aliphatic carbocycles. The monoisotopic (exact) mass is 267 g/mol. The molecule has 1 saturated heterocycles. The molecule has 1 saturated carbocycles. The molecule has 1 heterocycles. The van der Waals surface area contributed by atoms with Gasteiger partial charge in [-0.25, -0.2) is 4.79 Å². The van der Waals surface area contributed by atoms with Crippen LogP contribution < -0.4 is 11.1 Å². The summed E-state index contributed by atoms with van der Waals surface area (Å²) in [6.45, 7) is 5.53. The second kappa shape index (κ2) is 6.60. The molecule has 2 aliphatic rings. The van der Waals surface area contributed by atoms with Gasteiger partial charge in [-0.3, -0.25) is 0 Å². The molecule has 0 aromatic heterocycles. The third-order valence-corrected chi connectivity index (χ3v) is 5.03. The van der Waals surface area contributed by atoms with E-state index < -0.39 is 0 Å². The Morgan fingerprint density at radius 3 is 2.47 bits per heavy atom. The zero-order valence-electron chi connectivity index (χ0n) is 12.3. The van der Waals surface area contributed by atoms with Crippen LogP contribution in [0.25, 0.3) is 0 Å². The molecule has 1 aliphatic heterocycles. The standard InChI is InChI=1S/C15H29N3O/c1-13-5-9-18(10-6-13)14(19)17-12-15(11-16)7-3-2-4-8-15/h13H,2-12,16H2,1H3,(H,17,19). The van der Waals surface area contributed by atoms with Crippen molar-refractivity contribution in [3.05, 3.63) is 0 Å². The summed E-state index contributed by atoms with van der Waals surface area (Å²) < 4.78 is 0. The summed E-state index contributed by atoms with van der Waals surface area (Å²) in [6.07, 6.45) is 8.44. The van der Waals surface area contributed by atoms with Gasteiger partial charge in [0.25, 0.3) is 0 Å². The van der Waals surface area contributed by atoms with Crippen LogP contribution in [0.15, 0.2) is 0 Å². The first kappa shape index (κ1) is 14.6. The normalized spacial score (nSPS) is 24.2. The Morgan fingerprint density at radius 2 is 1.89 bits per heavy atom. The molecule has 3 N–H and O–H groups in total. The van der Waals surface area contributed by atoms with Gasteiger partial charge in [-0.1, -0.05) is 26.2 Å². The lowest BCUT2D eigenvalue weighted by Gasteiger charge is -2.37. The van der Waals surface area contributed by atoms with E-state index >= 15 is 0 Å². The zero-order valence-corrected chi connectivity index (χ0v) is 12.3. The first-order valence-corrected chi connectivity index (χ1v) is 7.88. The Hall–Kier alpha value is -0.770. The van der Waals surface area contributed by atoms with Gasteiger partial charge in [0.2, 0.25) is 0 Å². The number of urea groups is 1. The number of amides is 2. The Bertz CT molecular complexity index is 292. The second-order valence-corrected chi connectivity index (χ2v) is 6.59. The molecule has 0 bridgehead atoms. The molecule has 0 spiro atoms. The highest BCUT2D eigenvalue weighted by Gasteiger charge is 2.31. The van der Waals surface area contributed by atoms with E-state index in [1.165, 1.54) is 32.1 Å². The fourth-order valence-electron chi connectivity index (χ4n) is 3.34. The molecule has 2 rings (SSSR count). The maximum absolute atomic E-state index is 12.2. The topological polar surface area (TPSA) is 58.4 Å². The van der Waals surface area contributed by atoms with Crippen molar-refractivity contribution in [1.82, 2.24) is 10.2 Å². The van der Waals surface area contributed by atoms with Crippen molar-refractivity contribution in [3.63, 3.8) is 0 Å². The van der Waals surface area contributed by atoms with Crippen molar-refractivity contribution in [1.29, 1.82) is 0 Å². The SMILES string of the molecule is CC1CCN(C(=O)NCC2(CN)CCCCC2)CC1. The van der Waals surface area contributed by atoms with E-state index in [9.17, 15) is 4.79 Å². The Kier molecular flexibility index (Phi) is 5.08. The smallest absolute Gasteiger partial charge is 0.317 e. The van der Waals surface area contributed by atoms with Gasteiger partial charge in [0.15, 0.2) is 0 Å². The highest BCUT2D eigenvalue weighted by molar-refractivity contribution is 5.74. The van der Waals surface area contributed by atoms with E-state index in [1.807, 2.05) is 4.90 Å². The fraction of sp³-hybridized carbons (Fsp3) is 0.933. The lowest BCUT2D eigenvalue weighted by atomic mass is 9.74. The number of hydrogen-bond acceptors (Lipinski definition) is 2. The third kappa shape index (κ3) is 3.85. The zero-order chi connectivity index (χ0) is 13.7. The predicted molar refractivity (Wildman–Crippen MR) is 77.9 cm³/mol. The van der Waals surface area contributed by atoms with E-state index in [0.29, 0.717) is 6.54 Å². The van der Waals surface area contributed by atoms with E-state index in [0.717, 1.165) is 38.4 Å². The van der Waals surface area contributed by atoms with E-state index in [2.05, 4.69) is 12.2 Å². The Balaban J connectivity index is 1.78. The number of hydrogen-bond donors (Lipinski definition) is 2. The van der Waals surface area contributed by atoms with Crippen molar-refractivity contribution in [2.45, 2.75) is 51.9 Å². The average molecular weight is 267 g/mol. The van der Waals surface area contributed by atoms with Crippen LogP contribution in [0.3, 0.4) is 0 Å². The molecule has 2 fully saturated rings. The summed E-state index contributed by atoms with van der Waals surface area (Å²) in [7, 11) is 0. The molecule has 110 valence electrons. The van der Waals surface area contributed by atoms with Gasteiger partial charge in [-0.2, -0.15) is 0 Å². The first-order chi connectivity index (χ1) is 9.15. The van der Waals surface area contributed by atoms with Gasteiger partial charge in [0, 0.05) is 25.0 Å². The lowest BCUT2D eigenvalue weighted by molar-refractivity contribution is 0.155. The molecular formula is C15H29N3O. The van der Waals surface area contributed by atoms with Crippen LogP contribution in [-0.2, 0) is 0 Å². The van der Waals surface area contributed by atoms with Gasteiger partial charge in [0.05, 0.1) is 0 Å². The first-order valence-electron chi connectivity index (χ1n) is 7.88. The van der Waals surface area contributed by atoms with Crippen LogP contribution in [0.4, 0.5) is 4.79 Å². The molecule has 19 heavy (non-hydrogen) atoms. The van der Waals surface area contributed by atoms with E-state index in [-0.39, 0.29) is 11.4 Å². The van der Waals surface area contributed by atoms with E-state index in [1.54, 1.807) is 0 Å². The number of piperidine rings is 1. The summed E-state index contributed by atoms with van der Waals surface area (Å²) in [5, 5.41) is 3.14. The molecule has 4 heteroatoms. The minimum atomic E-state index is 0.116. The van der Waals surface area contributed by atoms with Crippen molar-refractivity contribution < 1.29 is 4.79 Å². The Morgan fingerprint density at radius 1 is 1.26 bits per heavy atom. The molecule has 0 aromatic rings. The Labute approximate surface area is 117 Å². The molecule has 0 unspecified atom stereocenters. The fourth-order valence-corrected chi connectivity index (χ4v) is 3.34. The second-order valence-electron chi connectivity index (χ2n) is 6.59. The van der Waals surface area contributed by atoms with Crippen LogP contribution in [-0.4, -0.2) is 37.1 Å².